The fourth-order valence-electron chi connectivity index (χ4n) is 11.7. The summed E-state index contributed by atoms with van der Waals surface area (Å²) in [5.41, 5.74) is 21.9. The van der Waals surface area contributed by atoms with Gasteiger partial charge in [0, 0.05) is 86.0 Å². The van der Waals surface area contributed by atoms with Gasteiger partial charge >= 0.3 is 0 Å². The zero-order valence-corrected chi connectivity index (χ0v) is 38.0. The Bertz CT molecular complexity index is 4210. The molecule has 0 amide bonds. The van der Waals surface area contributed by atoms with Crippen molar-refractivity contribution in [2.24, 2.45) is 0 Å². The van der Waals surface area contributed by atoms with E-state index in [1.807, 2.05) is 24.5 Å². The number of pyridine rings is 2. The van der Waals surface area contributed by atoms with Gasteiger partial charge in [-0.3, -0.25) is 9.97 Å². The van der Waals surface area contributed by atoms with E-state index in [1.165, 1.54) is 83.7 Å². The topological polar surface area (TPSA) is 60.2 Å². The maximum absolute atomic E-state index is 6.32. The predicted octanol–water partition coefficient (Wildman–Crippen LogP) is 16.3. The van der Waals surface area contributed by atoms with Gasteiger partial charge in [-0.1, -0.05) is 97.1 Å². The lowest BCUT2D eigenvalue weighted by molar-refractivity contribution is 0.668. The number of para-hydroxylation sites is 2. The molecule has 2 atom stereocenters. The smallest absolute Gasteiger partial charge is 0.138 e. The molecule has 6 heteroatoms. The Morgan fingerprint density at radius 1 is 0.486 bits per heavy atom. The lowest BCUT2D eigenvalue weighted by atomic mass is 9.85. The van der Waals surface area contributed by atoms with Crippen LogP contribution in [0.1, 0.15) is 40.3 Å². The Labute approximate surface area is 403 Å². The molecule has 6 heterocycles. The van der Waals surface area contributed by atoms with Crippen LogP contribution in [0, 0.1) is 0 Å². The summed E-state index contributed by atoms with van der Waals surface area (Å²) < 4.78 is 15.1. The Morgan fingerprint density at radius 2 is 1.13 bits per heavy atom. The van der Waals surface area contributed by atoms with Gasteiger partial charge in [-0.15, -0.1) is 0 Å². The zero-order chi connectivity index (χ0) is 45.9. The minimum Gasteiger partial charge on any atom is -0.456 e. The number of rotatable bonds is 6. The van der Waals surface area contributed by atoms with E-state index in [4.69, 9.17) is 8.83 Å². The molecule has 1 aliphatic heterocycles. The average molecular weight is 899 g/mol. The van der Waals surface area contributed by atoms with Crippen molar-refractivity contribution < 1.29 is 8.83 Å². The van der Waals surface area contributed by atoms with E-state index in [2.05, 4.69) is 201 Å². The first-order valence-electron chi connectivity index (χ1n) is 24.1. The van der Waals surface area contributed by atoms with Crippen LogP contribution in [0.4, 0.5) is 11.4 Å². The molecule has 0 bridgehead atoms. The van der Waals surface area contributed by atoms with Crippen molar-refractivity contribution in [1.82, 2.24) is 14.5 Å². The second kappa shape index (κ2) is 15.3. The van der Waals surface area contributed by atoms with E-state index >= 15 is 0 Å². The summed E-state index contributed by atoms with van der Waals surface area (Å²) in [6.07, 6.45) is 18.8. The zero-order valence-electron chi connectivity index (χ0n) is 38.0. The van der Waals surface area contributed by atoms with E-state index in [1.54, 1.807) is 12.4 Å². The van der Waals surface area contributed by atoms with E-state index in [-0.39, 0.29) is 12.0 Å². The fourth-order valence-corrected chi connectivity index (χ4v) is 11.7. The summed E-state index contributed by atoms with van der Waals surface area (Å²) in [5.74, 6) is 0.145. The van der Waals surface area contributed by atoms with Crippen LogP contribution in [0.25, 0.3) is 99.9 Å². The molecule has 15 rings (SSSR count). The summed E-state index contributed by atoms with van der Waals surface area (Å²) in [6, 6.07) is 62.0. The largest absolute Gasteiger partial charge is 0.456 e. The molecular formula is C64H42N4O2. The Morgan fingerprint density at radius 3 is 1.87 bits per heavy atom. The standard InChI is InChI=1S/C64H42N4O2/c1-3-10-47(11-4-1)67-57-22-16-41(31-51(57)53-33-43(18-24-59(53)67)45-14-20-49-55-37-65-28-26-61(55)69-63(49)35-45)39-8-7-9-40(30-39)42-17-23-58-52(32-42)54-34-44(19-25-60(54)68(58)48-12-5-2-6-13-48)46-15-21-50-56-38-66-29-27-62(56)70-64(50)36-46/h1-18,20-24,26-38,53,59H,19,25H2. The van der Waals surface area contributed by atoms with Crippen LogP contribution in [0.15, 0.2) is 222 Å². The molecule has 2 unspecified atom stereocenters. The molecule has 5 aromatic heterocycles. The normalized spacial score (nSPS) is 16.3. The molecule has 6 nitrogen and oxygen atoms in total. The molecule has 12 aromatic rings. The van der Waals surface area contributed by atoms with E-state index in [9.17, 15) is 0 Å². The molecule has 3 aliphatic rings. The number of hydrogen-bond acceptors (Lipinski definition) is 5. The Balaban J connectivity index is 0.818. The number of allylic oxidation sites excluding steroid dienone is 3. The van der Waals surface area contributed by atoms with Crippen molar-refractivity contribution in [1.29, 1.82) is 0 Å². The van der Waals surface area contributed by atoms with Gasteiger partial charge in [0.25, 0.3) is 0 Å². The molecule has 0 spiro atoms. The third-order valence-corrected chi connectivity index (χ3v) is 15.0. The second-order valence-electron chi connectivity index (χ2n) is 18.9. The lowest BCUT2D eigenvalue weighted by Crippen LogP contribution is -2.28. The number of hydrogen-bond donors (Lipinski definition) is 0. The molecule has 0 saturated heterocycles. The molecule has 70 heavy (non-hydrogen) atoms. The summed E-state index contributed by atoms with van der Waals surface area (Å²) in [4.78, 5) is 11.2. The first-order chi connectivity index (χ1) is 34.7. The van der Waals surface area contributed by atoms with Gasteiger partial charge in [0.1, 0.15) is 22.3 Å². The molecule has 0 fully saturated rings. The summed E-state index contributed by atoms with van der Waals surface area (Å²) in [5, 5.41) is 5.52. The Hall–Kier alpha value is -9.00. The highest BCUT2D eigenvalue weighted by molar-refractivity contribution is 6.07. The number of nitrogens with zero attached hydrogens (tertiary/aromatic N) is 4. The van der Waals surface area contributed by atoms with Gasteiger partial charge in [-0.05, 0) is 160 Å². The van der Waals surface area contributed by atoms with Crippen molar-refractivity contribution in [3.05, 3.63) is 241 Å². The maximum atomic E-state index is 6.32. The first-order valence-corrected chi connectivity index (χ1v) is 24.1. The number of furan rings is 2. The van der Waals surface area contributed by atoms with Gasteiger partial charge in [0.05, 0.1) is 11.6 Å². The number of benzene rings is 7. The number of aromatic nitrogens is 3. The van der Waals surface area contributed by atoms with E-state index in [0.717, 1.165) is 62.3 Å². The van der Waals surface area contributed by atoms with E-state index in [0.29, 0.717) is 0 Å². The molecule has 0 radical (unpaired) electrons. The van der Waals surface area contributed by atoms with Gasteiger partial charge in [0.2, 0.25) is 0 Å². The van der Waals surface area contributed by atoms with Crippen LogP contribution in [-0.2, 0) is 6.42 Å². The summed E-state index contributed by atoms with van der Waals surface area (Å²) >= 11 is 0. The minimum absolute atomic E-state index is 0.143. The molecular weight excluding hydrogens is 857 g/mol. The average Bonchev–Trinajstić information content (AvgIpc) is 4.18. The van der Waals surface area contributed by atoms with Gasteiger partial charge < -0.3 is 18.3 Å². The quantitative estimate of drug-likeness (QED) is 0.166. The lowest BCUT2D eigenvalue weighted by Gasteiger charge is -2.29. The molecule has 330 valence electrons. The van der Waals surface area contributed by atoms with Crippen LogP contribution < -0.4 is 4.90 Å². The van der Waals surface area contributed by atoms with Crippen LogP contribution in [-0.4, -0.2) is 20.6 Å². The van der Waals surface area contributed by atoms with Crippen molar-refractivity contribution in [3.8, 4) is 27.9 Å². The monoisotopic (exact) mass is 898 g/mol. The van der Waals surface area contributed by atoms with Crippen molar-refractivity contribution in [3.63, 3.8) is 0 Å². The Kier molecular flexibility index (Phi) is 8.51. The fraction of sp³-hybridized carbons (Fsp3) is 0.0625. The van der Waals surface area contributed by atoms with Crippen molar-refractivity contribution >= 4 is 83.4 Å². The minimum atomic E-state index is 0.143. The van der Waals surface area contributed by atoms with E-state index < -0.39 is 0 Å². The van der Waals surface area contributed by atoms with Crippen LogP contribution in [0.5, 0.6) is 0 Å². The van der Waals surface area contributed by atoms with Gasteiger partial charge in [0.15, 0.2) is 0 Å². The van der Waals surface area contributed by atoms with Crippen LogP contribution in [0.2, 0.25) is 0 Å². The third-order valence-electron chi connectivity index (χ3n) is 15.0. The predicted molar refractivity (Wildman–Crippen MR) is 286 cm³/mol. The van der Waals surface area contributed by atoms with Crippen molar-refractivity contribution in [2.45, 2.75) is 24.8 Å². The first kappa shape index (κ1) is 39.0. The highest BCUT2D eigenvalue weighted by atomic mass is 16.3. The SMILES string of the molecule is C1=CC2C(C=C1c1ccc3c(c1)oc1ccncc13)c1cc(-c3cccc(-c4ccc5c(c4)c4c(n5-c5ccccc5)CCC(c5ccc6c(c5)oc5ccncc56)=C4)c3)ccc1N2c1ccccc1. The molecule has 0 N–H and O–H groups in total. The molecule has 7 aromatic carbocycles. The molecule has 2 aliphatic carbocycles. The highest BCUT2D eigenvalue weighted by Gasteiger charge is 2.39. The maximum Gasteiger partial charge on any atom is 0.138 e. The van der Waals surface area contributed by atoms with Gasteiger partial charge in [-0.2, -0.15) is 0 Å². The molecule has 0 saturated carbocycles. The van der Waals surface area contributed by atoms with Crippen LogP contribution >= 0.6 is 0 Å². The summed E-state index contributed by atoms with van der Waals surface area (Å²) in [6.45, 7) is 0. The summed E-state index contributed by atoms with van der Waals surface area (Å²) in [7, 11) is 0. The van der Waals surface area contributed by atoms with Crippen LogP contribution in [0.3, 0.4) is 0 Å². The number of anilines is 2. The van der Waals surface area contributed by atoms with Crippen molar-refractivity contribution in [2.75, 3.05) is 4.90 Å². The number of fused-ring (bicyclic) bond motifs is 12. The highest BCUT2D eigenvalue weighted by Crippen LogP contribution is 2.51. The third kappa shape index (κ3) is 6.06. The second-order valence-corrected chi connectivity index (χ2v) is 18.9. The van der Waals surface area contributed by atoms with Gasteiger partial charge in [-0.25, -0.2) is 0 Å².